The minimum atomic E-state index is -0.521. The molecule has 0 aliphatic heterocycles. The van der Waals surface area contributed by atoms with Crippen LogP contribution in [0.15, 0.2) is 60.7 Å². The number of hydrogen-bond acceptors (Lipinski definition) is 4. The van der Waals surface area contributed by atoms with Gasteiger partial charge in [0.15, 0.2) is 5.78 Å². The van der Waals surface area contributed by atoms with E-state index >= 15 is 0 Å². The highest BCUT2D eigenvalue weighted by Crippen LogP contribution is 2.28. The molecule has 0 heterocycles. The summed E-state index contributed by atoms with van der Waals surface area (Å²) < 4.78 is 0. The van der Waals surface area contributed by atoms with Crippen LogP contribution in [0.1, 0.15) is 27.0 Å². The number of anilines is 2. The van der Waals surface area contributed by atoms with Gasteiger partial charge in [0.25, 0.3) is 5.69 Å². The Labute approximate surface area is 161 Å². The van der Waals surface area contributed by atoms with Crippen LogP contribution in [-0.2, 0) is 0 Å². The number of nitrogens with zero attached hydrogens (tertiary/aromatic N) is 1. The van der Waals surface area contributed by atoms with Crippen molar-refractivity contribution in [1.29, 1.82) is 0 Å². The molecule has 0 atom stereocenters. The van der Waals surface area contributed by atoms with Crippen LogP contribution in [0.3, 0.4) is 0 Å². The molecule has 0 saturated heterocycles. The zero-order valence-corrected chi connectivity index (χ0v) is 15.6. The SMILES string of the molecule is Cc1cccc(Nc2ccc(C(=O)c3cc([N+](=O)[O-])ccc3C)c(Cl)c2)c1. The van der Waals surface area contributed by atoms with Crippen LogP contribution in [0.5, 0.6) is 0 Å². The number of rotatable bonds is 5. The molecule has 0 spiro atoms. The Hall–Kier alpha value is -3.18. The number of ketones is 1. The van der Waals surface area contributed by atoms with E-state index < -0.39 is 4.92 Å². The number of nitrogens with one attached hydrogen (secondary N) is 1. The van der Waals surface area contributed by atoms with Crippen molar-refractivity contribution < 1.29 is 9.72 Å². The molecular formula is C21H17ClN2O3. The van der Waals surface area contributed by atoms with Crippen LogP contribution in [0.4, 0.5) is 17.1 Å². The van der Waals surface area contributed by atoms with Crippen LogP contribution >= 0.6 is 11.6 Å². The van der Waals surface area contributed by atoms with E-state index in [9.17, 15) is 14.9 Å². The molecule has 0 aromatic heterocycles. The molecule has 0 radical (unpaired) electrons. The number of nitro groups is 1. The minimum absolute atomic E-state index is 0.127. The molecule has 3 rings (SSSR count). The molecule has 3 aromatic carbocycles. The molecule has 0 unspecified atom stereocenters. The maximum absolute atomic E-state index is 12.8. The van der Waals surface area contributed by atoms with Gasteiger partial charge in [0, 0.05) is 34.6 Å². The quantitative estimate of drug-likeness (QED) is 0.343. The van der Waals surface area contributed by atoms with Crippen LogP contribution in [0.25, 0.3) is 0 Å². The highest BCUT2D eigenvalue weighted by atomic mass is 35.5. The highest BCUT2D eigenvalue weighted by Gasteiger charge is 2.18. The fourth-order valence-corrected chi connectivity index (χ4v) is 3.05. The Balaban J connectivity index is 1.91. The maximum Gasteiger partial charge on any atom is 0.270 e. The average molecular weight is 381 g/mol. The van der Waals surface area contributed by atoms with Crippen molar-refractivity contribution in [2.75, 3.05) is 5.32 Å². The van der Waals surface area contributed by atoms with Crippen LogP contribution in [0, 0.1) is 24.0 Å². The number of halogens is 1. The van der Waals surface area contributed by atoms with Gasteiger partial charge in [-0.2, -0.15) is 0 Å². The van der Waals surface area contributed by atoms with Gasteiger partial charge >= 0.3 is 0 Å². The maximum atomic E-state index is 12.8. The van der Waals surface area contributed by atoms with Gasteiger partial charge < -0.3 is 5.32 Å². The number of benzene rings is 3. The summed E-state index contributed by atoms with van der Waals surface area (Å²) in [5, 5.41) is 14.5. The van der Waals surface area contributed by atoms with Gasteiger partial charge in [-0.15, -0.1) is 0 Å². The van der Waals surface area contributed by atoms with Gasteiger partial charge in [-0.05, 0) is 55.3 Å². The summed E-state index contributed by atoms with van der Waals surface area (Å²) in [6.45, 7) is 3.74. The summed E-state index contributed by atoms with van der Waals surface area (Å²) in [6, 6.07) is 17.2. The molecule has 5 nitrogen and oxygen atoms in total. The van der Waals surface area contributed by atoms with Crippen molar-refractivity contribution in [3.8, 4) is 0 Å². The molecule has 0 amide bonds. The van der Waals surface area contributed by atoms with Crippen LogP contribution in [0.2, 0.25) is 5.02 Å². The van der Waals surface area contributed by atoms with Crippen molar-refractivity contribution in [1.82, 2.24) is 0 Å². The van der Waals surface area contributed by atoms with Crippen molar-refractivity contribution in [3.05, 3.63) is 98.1 Å². The number of hydrogen-bond donors (Lipinski definition) is 1. The van der Waals surface area contributed by atoms with Gasteiger partial charge in [-0.1, -0.05) is 29.8 Å². The zero-order valence-electron chi connectivity index (χ0n) is 14.8. The molecule has 136 valence electrons. The molecule has 0 bridgehead atoms. The molecule has 0 aliphatic carbocycles. The Kier molecular flexibility index (Phi) is 5.23. The van der Waals surface area contributed by atoms with Gasteiger partial charge in [0.2, 0.25) is 0 Å². The largest absolute Gasteiger partial charge is 0.355 e. The molecule has 3 aromatic rings. The van der Waals surface area contributed by atoms with E-state index in [1.807, 2.05) is 31.2 Å². The summed E-state index contributed by atoms with van der Waals surface area (Å²) >= 11 is 6.33. The highest BCUT2D eigenvalue weighted by molar-refractivity contribution is 6.35. The fraction of sp³-hybridized carbons (Fsp3) is 0.0952. The number of aryl methyl sites for hydroxylation is 2. The number of carbonyl (C=O) groups is 1. The number of non-ortho nitro benzene ring substituents is 1. The molecular weight excluding hydrogens is 364 g/mol. The van der Waals surface area contributed by atoms with Crippen molar-refractivity contribution in [3.63, 3.8) is 0 Å². The first-order valence-corrected chi connectivity index (χ1v) is 8.66. The topological polar surface area (TPSA) is 72.2 Å². The second-order valence-electron chi connectivity index (χ2n) is 6.27. The normalized spacial score (nSPS) is 10.5. The lowest BCUT2D eigenvalue weighted by atomic mass is 9.98. The smallest absolute Gasteiger partial charge is 0.270 e. The monoisotopic (exact) mass is 380 g/mol. The van der Waals surface area contributed by atoms with Crippen molar-refractivity contribution in [2.45, 2.75) is 13.8 Å². The third-order valence-electron chi connectivity index (χ3n) is 4.20. The van der Waals surface area contributed by atoms with Gasteiger partial charge in [-0.25, -0.2) is 0 Å². The zero-order chi connectivity index (χ0) is 19.6. The molecule has 0 aliphatic rings. The van der Waals surface area contributed by atoms with E-state index in [2.05, 4.69) is 5.32 Å². The second-order valence-corrected chi connectivity index (χ2v) is 6.68. The van der Waals surface area contributed by atoms with E-state index in [0.29, 0.717) is 11.1 Å². The first kappa shape index (κ1) is 18.6. The van der Waals surface area contributed by atoms with E-state index in [4.69, 9.17) is 11.6 Å². The molecule has 0 saturated carbocycles. The third-order valence-corrected chi connectivity index (χ3v) is 4.51. The Morgan fingerprint density at radius 3 is 2.37 bits per heavy atom. The Morgan fingerprint density at radius 2 is 1.70 bits per heavy atom. The van der Waals surface area contributed by atoms with E-state index in [1.165, 1.54) is 12.1 Å². The third kappa shape index (κ3) is 4.15. The van der Waals surface area contributed by atoms with E-state index in [0.717, 1.165) is 16.9 Å². The van der Waals surface area contributed by atoms with Crippen LogP contribution < -0.4 is 5.32 Å². The summed E-state index contributed by atoms with van der Waals surface area (Å²) in [7, 11) is 0. The summed E-state index contributed by atoms with van der Waals surface area (Å²) in [6.07, 6.45) is 0. The summed E-state index contributed by atoms with van der Waals surface area (Å²) in [5.41, 5.74) is 3.89. The first-order chi connectivity index (χ1) is 12.8. The lowest BCUT2D eigenvalue weighted by molar-refractivity contribution is -0.384. The summed E-state index contributed by atoms with van der Waals surface area (Å²) in [5.74, 6) is -0.344. The lowest BCUT2D eigenvalue weighted by Gasteiger charge is -2.11. The van der Waals surface area contributed by atoms with Gasteiger partial charge in [-0.3, -0.25) is 14.9 Å². The molecule has 6 heteroatoms. The van der Waals surface area contributed by atoms with E-state index in [1.54, 1.807) is 31.2 Å². The predicted octanol–water partition coefficient (Wildman–Crippen LogP) is 5.84. The standard InChI is InChI=1S/C21H17ClN2O3/c1-13-4-3-5-15(10-13)23-16-7-9-18(20(22)11-16)21(25)19-12-17(24(26)27)8-6-14(19)2/h3-12,23H,1-2H3. The molecule has 1 N–H and O–H groups in total. The lowest BCUT2D eigenvalue weighted by Crippen LogP contribution is -2.06. The van der Waals surface area contributed by atoms with E-state index in [-0.39, 0.29) is 22.1 Å². The fourth-order valence-electron chi connectivity index (χ4n) is 2.78. The molecule has 0 fully saturated rings. The predicted molar refractivity (Wildman–Crippen MR) is 107 cm³/mol. The average Bonchev–Trinajstić information content (AvgIpc) is 2.61. The Morgan fingerprint density at radius 1 is 0.963 bits per heavy atom. The molecule has 27 heavy (non-hydrogen) atoms. The summed E-state index contributed by atoms with van der Waals surface area (Å²) in [4.78, 5) is 23.3. The number of carbonyl (C=O) groups excluding carboxylic acids is 1. The minimum Gasteiger partial charge on any atom is -0.355 e. The van der Waals surface area contributed by atoms with Gasteiger partial charge in [0.1, 0.15) is 0 Å². The first-order valence-electron chi connectivity index (χ1n) is 8.28. The number of nitro benzene ring substituents is 1. The second kappa shape index (κ2) is 7.60. The Bertz CT molecular complexity index is 1050. The van der Waals surface area contributed by atoms with Crippen molar-refractivity contribution in [2.24, 2.45) is 0 Å². The van der Waals surface area contributed by atoms with Crippen molar-refractivity contribution >= 4 is 34.4 Å². The van der Waals surface area contributed by atoms with Crippen LogP contribution in [-0.4, -0.2) is 10.7 Å². The van der Waals surface area contributed by atoms with Gasteiger partial charge in [0.05, 0.1) is 9.95 Å².